The van der Waals surface area contributed by atoms with E-state index in [9.17, 15) is 30.0 Å². The first kappa shape index (κ1) is 36.7. The molecule has 13 nitrogen and oxygen atoms in total. The van der Waals surface area contributed by atoms with Crippen LogP contribution in [0, 0.1) is 0 Å². The molecule has 5 rings (SSSR count). The number of rotatable bonds is 13. The Bertz CT molecular complexity index is 1550. The van der Waals surface area contributed by atoms with Crippen LogP contribution in [0.3, 0.4) is 0 Å². The molecule has 0 unspecified atom stereocenters. The topological polar surface area (TPSA) is 181 Å². The molecule has 3 aromatic rings. The van der Waals surface area contributed by atoms with E-state index in [0.717, 1.165) is 48.1 Å². The molecule has 0 radical (unpaired) electrons. The van der Waals surface area contributed by atoms with E-state index in [1.807, 2.05) is 23.1 Å². The van der Waals surface area contributed by atoms with Crippen LogP contribution >= 0.6 is 0 Å². The first-order valence-electron chi connectivity index (χ1n) is 17.2. The number of hydrogen-bond acceptors (Lipinski definition) is 10. The van der Waals surface area contributed by atoms with Gasteiger partial charge >= 0.3 is 0 Å². The van der Waals surface area contributed by atoms with Crippen molar-refractivity contribution in [1.82, 2.24) is 25.3 Å². The molecule has 2 saturated heterocycles. The van der Waals surface area contributed by atoms with Crippen LogP contribution < -0.4 is 10.1 Å². The van der Waals surface area contributed by atoms with Crippen molar-refractivity contribution in [2.45, 2.75) is 102 Å². The molecule has 2 aromatic carbocycles. The number of amides is 2. The molecule has 49 heavy (non-hydrogen) atoms. The van der Waals surface area contributed by atoms with E-state index in [4.69, 9.17) is 9.47 Å². The molecule has 1 aromatic heterocycles. The van der Waals surface area contributed by atoms with Crippen LogP contribution in [0.2, 0.25) is 0 Å². The maximum absolute atomic E-state index is 13.1. The molecule has 2 fully saturated rings. The number of carbonyl (C=O) groups excluding carboxylic acids is 2. The molecule has 13 heteroatoms. The van der Waals surface area contributed by atoms with E-state index in [2.05, 4.69) is 58.5 Å². The summed E-state index contributed by atoms with van der Waals surface area (Å²) in [7, 11) is 0. The maximum atomic E-state index is 13.1. The second-order valence-corrected chi connectivity index (χ2v) is 13.9. The molecule has 0 bridgehead atoms. The minimum absolute atomic E-state index is 0.0404. The number of benzene rings is 2. The molecule has 6 N–H and O–H groups in total. The Labute approximate surface area is 287 Å². The Kier molecular flexibility index (Phi) is 11.9. The lowest BCUT2D eigenvalue weighted by atomic mass is 9.99. The quantitative estimate of drug-likeness (QED) is 0.154. The molecule has 5 atom stereocenters. The molecule has 3 heterocycles. The Morgan fingerprint density at radius 2 is 1.65 bits per heavy atom. The summed E-state index contributed by atoms with van der Waals surface area (Å²) in [5, 5.41) is 51.0. The number of ether oxygens (including phenoxy) is 2. The van der Waals surface area contributed by atoms with E-state index in [1.165, 1.54) is 0 Å². The fourth-order valence-corrected chi connectivity index (χ4v) is 6.59. The lowest BCUT2D eigenvalue weighted by Gasteiger charge is -2.40. The number of nitrogens with zero attached hydrogens (tertiary/aromatic N) is 3. The van der Waals surface area contributed by atoms with Gasteiger partial charge in [0.25, 0.3) is 0 Å². The predicted octanol–water partition coefficient (Wildman–Crippen LogP) is 1.30. The zero-order valence-electron chi connectivity index (χ0n) is 28.8. The zero-order valence-corrected chi connectivity index (χ0v) is 28.8. The van der Waals surface area contributed by atoms with Crippen molar-refractivity contribution in [3.05, 3.63) is 59.2 Å². The van der Waals surface area contributed by atoms with Crippen molar-refractivity contribution in [2.75, 3.05) is 32.8 Å². The molecular formula is C36H51N5O8. The molecule has 2 amide bonds. The van der Waals surface area contributed by atoms with Crippen LogP contribution in [0.25, 0.3) is 10.9 Å². The maximum Gasteiger partial charge on any atom is 0.247 e. The Balaban J connectivity index is 1.10. The van der Waals surface area contributed by atoms with Gasteiger partial charge in [0.1, 0.15) is 30.0 Å². The van der Waals surface area contributed by atoms with Crippen molar-refractivity contribution in [3.63, 3.8) is 0 Å². The van der Waals surface area contributed by atoms with Gasteiger partial charge in [0.05, 0.1) is 17.5 Å². The highest BCUT2D eigenvalue weighted by molar-refractivity contribution is 5.91. The summed E-state index contributed by atoms with van der Waals surface area (Å²) in [5.74, 6) is 0.0204. The van der Waals surface area contributed by atoms with E-state index in [-0.39, 0.29) is 17.7 Å². The Hall–Kier alpha value is -3.59. The molecule has 268 valence electrons. The largest absolute Gasteiger partial charge is 0.443 e. The second kappa shape index (κ2) is 16.0. The van der Waals surface area contributed by atoms with Gasteiger partial charge in [0.15, 0.2) is 0 Å². The molecule has 0 aliphatic carbocycles. The van der Waals surface area contributed by atoms with Crippen molar-refractivity contribution in [2.24, 2.45) is 0 Å². The third-order valence-electron chi connectivity index (χ3n) is 9.61. The van der Waals surface area contributed by atoms with Gasteiger partial charge in [-0.3, -0.25) is 19.6 Å². The van der Waals surface area contributed by atoms with Gasteiger partial charge in [-0.1, -0.05) is 36.4 Å². The summed E-state index contributed by atoms with van der Waals surface area (Å²) in [4.78, 5) is 30.1. The summed E-state index contributed by atoms with van der Waals surface area (Å²) in [6, 6.07) is 14.5. The molecule has 0 saturated carbocycles. The third kappa shape index (κ3) is 8.77. The van der Waals surface area contributed by atoms with Crippen LogP contribution in [-0.2, 0) is 33.6 Å². The number of piperazine rings is 1. The lowest BCUT2D eigenvalue weighted by Crippen LogP contribution is -2.60. The predicted molar refractivity (Wildman–Crippen MR) is 183 cm³/mol. The summed E-state index contributed by atoms with van der Waals surface area (Å²) in [5.41, 5.74) is 3.00. The van der Waals surface area contributed by atoms with E-state index >= 15 is 0 Å². The lowest BCUT2D eigenvalue weighted by molar-refractivity contribution is -0.277. The average Bonchev–Trinajstić information content (AvgIpc) is 3.50. The van der Waals surface area contributed by atoms with Gasteiger partial charge in [-0.15, -0.1) is 5.10 Å². The highest BCUT2D eigenvalue weighted by Crippen LogP contribution is 2.31. The third-order valence-corrected chi connectivity index (χ3v) is 9.61. The first-order chi connectivity index (χ1) is 23.4. The van der Waals surface area contributed by atoms with Crippen LogP contribution in [0.4, 0.5) is 0 Å². The summed E-state index contributed by atoms with van der Waals surface area (Å²) in [6.45, 7) is 10.4. The van der Waals surface area contributed by atoms with E-state index in [0.29, 0.717) is 43.8 Å². The monoisotopic (exact) mass is 681 g/mol. The second-order valence-electron chi connectivity index (χ2n) is 13.9. The molecule has 2 aliphatic heterocycles. The van der Waals surface area contributed by atoms with Crippen LogP contribution in [0.15, 0.2) is 42.5 Å². The first-order valence-corrected chi connectivity index (χ1v) is 17.2. The van der Waals surface area contributed by atoms with Crippen molar-refractivity contribution in [1.29, 1.82) is 0 Å². The van der Waals surface area contributed by atoms with Crippen molar-refractivity contribution >= 4 is 22.7 Å². The Morgan fingerprint density at radius 1 is 0.980 bits per heavy atom. The van der Waals surface area contributed by atoms with E-state index in [1.54, 1.807) is 13.8 Å². The molecular weight excluding hydrogens is 630 g/mol. The Morgan fingerprint density at radius 3 is 2.31 bits per heavy atom. The van der Waals surface area contributed by atoms with Gasteiger partial charge < -0.3 is 40.1 Å². The fourth-order valence-electron chi connectivity index (χ4n) is 6.59. The van der Waals surface area contributed by atoms with Gasteiger partial charge in [-0.2, -0.15) is 0 Å². The minimum atomic E-state index is -1.55. The number of aryl methyl sites for hydroxylation is 3. The van der Waals surface area contributed by atoms with Crippen LogP contribution in [0.5, 0.6) is 5.88 Å². The van der Waals surface area contributed by atoms with Gasteiger partial charge in [0.2, 0.25) is 24.0 Å². The number of hydrogen-bond donors (Lipinski definition) is 6. The van der Waals surface area contributed by atoms with Crippen molar-refractivity contribution < 1.29 is 39.5 Å². The van der Waals surface area contributed by atoms with Crippen molar-refractivity contribution in [3.8, 4) is 5.88 Å². The highest BCUT2D eigenvalue weighted by atomic mass is 16.7. The standard InChI is InChI=1S/C36H51N5O8/c1-22(2)40-17-19-41(20-18-40)35(47)36(3,4)37-28(43)10-5-7-23-11-13-24(14-12-23)15-16-25-8-6-9-26-29(25)33(39-38-26)49-34-32(46)31(45)30(44)27(21-42)48-34/h6,8-9,11-14,22,27,30-32,34,42,44-46H,5,7,10,15-21H2,1-4H3,(H,37,43)(H,38,39)/t27-,30-,31+,32-,34+/m1/s1. The van der Waals surface area contributed by atoms with Gasteiger partial charge in [-0.25, -0.2) is 0 Å². The minimum Gasteiger partial charge on any atom is -0.443 e. The zero-order chi connectivity index (χ0) is 35.3. The van der Waals surface area contributed by atoms with Crippen LogP contribution in [0.1, 0.15) is 57.2 Å². The number of nitrogens with one attached hydrogen (secondary N) is 2. The number of aromatic amines is 1. The number of H-pyrrole nitrogens is 1. The fraction of sp³-hybridized carbons (Fsp3) is 0.583. The van der Waals surface area contributed by atoms with Gasteiger partial charge in [-0.05, 0) is 76.1 Å². The average molecular weight is 682 g/mol. The number of carbonyl (C=O) groups is 2. The number of fused-ring (bicyclic) bond motifs is 1. The van der Waals surface area contributed by atoms with E-state index < -0.39 is 42.9 Å². The molecule has 2 aliphatic rings. The summed E-state index contributed by atoms with van der Waals surface area (Å²) >= 11 is 0. The number of aliphatic hydroxyl groups excluding tert-OH is 4. The smallest absolute Gasteiger partial charge is 0.247 e. The number of aromatic nitrogens is 2. The number of aliphatic hydroxyl groups is 4. The molecule has 0 spiro atoms. The SMILES string of the molecule is CC(C)N1CCN(C(=O)C(C)(C)NC(=O)CCCc2ccc(CCc3cccc4[nH]nc(O[C@@H]5O[C@H](CO)[C@@H](O)[C@H](O)[C@H]5O)c34)cc2)CC1. The van der Waals surface area contributed by atoms with Gasteiger partial charge in [0, 0.05) is 38.6 Å². The van der Waals surface area contributed by atoms with Crippen LogP contribution in [-0.4, -0.2) is 127 Å². The highest BCUT2D eigenvalue weighted by Gasteiger charge is 2.45. The normalized spacial score (nSPS) is 23.6. The summed E-state index contributed by atoms with van der Waals surface area (Å²) in [6.07, 6.45) is -3.84. The summed E-state index contributed by atoms with van der Waals surface area (Å²) < 4.78 is 11.4.